The Morgan fingerprint density at radius 1 is 1.07 bits per heavy atom. The van der Waals surface area contributed by atoms with Gasteiger partial charge in [-0.2, -0.15) is 0 Å². The molecule has 1 aromatic carbocycles. The lowest BCUT2D eigenvalue weighted by Gasteiger charge is -2.24. The Kier molecular flexibility index (Phi) is 9.78. The minimum absolute atomic E-state index is 0.102. The highest BCUT2D eigenvalue weighted by atomic mass is 16.5. The molecular formula is C21H30N2O5. The average Bonchev–Trinajstić information content (AvgIpc) is 2.67. The third-order valence-corrected chi connectivity index (χ3v) is 4.00. The van der Waals surface area contributed by atoms with E-state index >= 15 is 0 Å². The highest BCUT2D eigenvalue weighted by Crippen LogP contribution is 2.07. The molecular weight excluding hydrogens is 360 g/mol. The van der Waals surface area contributed by atoms with Gasteiger partial charge in [0.25, 0.3) is 0 Å². The van der Waals surface area contributed by atoms with Crippen molar-refractivity contribution in [3.63, 3.8) is 0 Å². The molecule has 0 radical (unpaired) electrons. The quantitative estimate of drug-likeness (QED) is 0.499. The lowest BCUT2D eigenvalue weighted by molar-refractivity contribution is -0.145. The third-order valence-electron chi connectivity index (χ3n) is 4.00. The lowest BCUT2D eigenvalue weighted by atomic mass is 10.0. The number of alkyl carbamates (subject to hydrolysis) is 1. The van der Waals surface area contributed by atoms with Gasteiger partial charge in [-0.15, -0.1) is 0 Å². The van der Waals surface area contributed by atoms with Crippen LogP contribution in [-0.2, 0) is 25.7 Å². The molecule has 0 heterocycles. The van der Waals surface area contributed by atoms with Gasteiger partial charge in [-0.3, -0.25) is 4.79 Å². The monoisotopic (exact) mass is 390 g/mol. The van der Waals surface area contributed by atoms with Crippen LogP contribution in [0.2, 0.25) is 0 Å². The fourth-order valence-electron chi connectivity index (χ4n) is 2.40. The summed E-state index contributed by atoms with van der Waals surface area (Å²) < 4.78 is 9.94. The number of amides is 2. The van der Waals surface area contributed by atoms with Crippen LogP contribution in [0.4, 0.5) is 4.79 Å². The van der Waals surface area contributed by atoms with Crippen LogP contribution in [0.25, 0.3) is 0 Å². The first-order valence-electron chi connectivity index (χ1n) is 9.23. The molecule has 154 valence electrons. The van der Waals surface area contributed by atoms with E-state index in [0.29, 0.717) is 6.42 Å². The molecule has 1 rings (SSSR count). The van der Waals surface area contributed by atoms with E-state index in [9.17, 15) is 14.4 Å². The molecule has 2 amide bonds. The highest BCUT2D eigenvalue weighted by Gasteiger charge is 2.29. The number of carbonyl (C=O) groups excluding carboxylic acids is 3. The van der Waals surface area contributed by atoms with Gasteiger partial charge in [-0.25, -0.2) is 9.59 Å². The summed E-state index contributed by atoms with van der Waals surface area (Å²) in [6.45, 7) is 7.50. The number of hydrogen-bond acceptors (Lipinski definition) is 5. The van der Waals surface area contributed by atoms with Gasteiger partial charge in [-0.05, 0) is 31.7 Å². The first-order chi connectivity index (χ1) is 13.2. The van der Waals surface area contributed by atoms with Gasteiger partial charge in [0, 0.05) is 0 Å². The van der Waals surface area contributed by atoms with E-state index in [4.69, 9.17) is 9.47 Å². The minimum Gasteiger partial charge on any atom is -0.467 e. The van der Waals surface area contributed by atoms with Crippen LogP contribution in [0.1, 0.15) is 39.7 Å². The van der Waals surface area contributed by atoms with Crippen LogP contribution >= 0.6 is 0 Å². The molecule has 0 unspecified atom stereocenters. The first kappa shape index (κ1) is 23.2. The number of ether oxygens (including phenoxy) is 2. The van der Waals surface area contributed by atoms with Crippen LogP contribution in [-0.4, -0.2) is 37.2 Å². The Morgan fingerprint density at radius 2 is 1.71 bits per heavy atom. The van der Waals surface area contributed by atoms with Crippen molar-refractivity contribution in [2.75, 3.05) is 7.11 Å². The molecule has 1 aromatic rings. The minimum atomic E-state index is -0.845. The molecule has 0 fully saturated rings. The maximum atomic E-state index is 12.7. The molecule has 28 heavy (non-hydrogen) atoms. The van der Waals surface area contributed by atoms with Gasteiger partial charge in [0.05, 0.1) is 7.11 Å². The number of nitrogens with one attached hydrogen (secondary N) is 2. The molecule has 0 aliphatic heterocycles. The predicted molar refractivity (Wildman–Crippen MR) is 106 cm³/mol. The Labute approximate surface area is 166 Å². The first-order valence-corrected chi connectivity index (χ1v) is 9.23. The second-order valence-corrected chi connectivity index (χ2v) is 7.03. The molecule has 0 aromatic heterocycles. The van der Waals surface area contributed by atoms with Crippen LogP contribution in [0, 0.1) is 5.92 Å². The summed E-state index contributed by atoms with van der Waals surface area (Å²) in [5, 5.41) is 5.23. The van der Waals surface area contributed by atoms with Crippen LogP contribution < -0.4 is 10.6 Å². The highest BCUT2D eigenvalue weighted by molar-refractivity contribution is 5.89. The number of esters is 1. The zero-order chi connectivity index (χ0) is 21.1. The van der Waals surface area contributed by atoms with E-state index in [0.717, 1.165) is 11.1 Å². The van der Waals surface area contributed by atoms with E-state index in [-0.39, 0.29) is 12.5 Å². The molecule has 0 saturated carbocycles. The van der Waals surface area contributed by atoms with Crippen molar-refractivity contribution < 1.29 is 23.9 Å². The van der Waals surface area contributed by atoms with Crippen molar-refractivity contribution in [3.05, 3.63) is 47.5 Å². The van der Waals surface area contributed by atoms with E-state index in [2.05, 4.69) is 10.6 Å². The van der Waals surface area contributed by atoms with Crippen molar-refractivity contribution in [2.24, 2.45) is 5.92 Å². The standard InChI is InChI=1S/C21H30N2O5/c1-14(2)11-12-17(20(25)27-5)22-19(24)18(15(3)4)23-21(26)28-13-16-9-7-6-8-10-16/h6-11,15,17-18H,12-13H2,1-5H3,(H,22,24)(H,23,26)/t17-,18-/m1/s1. The third kappa shape index (κ3) is 8.24. The summed E-state index contributed by atoms with van der Waals surface area (Å²) in [7, 11) is 1.27. The Balaban J connectivity index is 2.71. The van der Waals surface area contributed by atoms with Crippen LogP contribution in [0.5, 0.6) is 0 Å². The molecule has 7 nitrogen and oxygen atoms in total. The maximum Gasteiger partial charge on any atom is 0.408 e. The molecule has 7 heteroatoms. The van der Waals surface area contributed by atoms with Gasteiger partial charge in [0.2, 0.25) is 5.91 Å². The molecule has 0 spiro atoms. The smallest absolute Gasteiger partial charge is 0.408 e. The molecule has 0 bridgehead atoms. The summed E-state index contributed by atoms with van der Waals surface area (Å²) in [4.78, 5) is 36.7. The van der Waals surface area contributed by atoms with Gasteiger partial charge in [0.15, 0.2) is 0 Å². The fourth-order valence-corrected chi connectivity index (χ4v) is 2.40. The predicted octanol–water partition coefficient (Wildman–Crippen LogP) is 2.95. The van der Waals surface area contributed by atoms with E-state index < -0.39 is 30.1 Å². The number of rotatable bonds is 9. The fraction of sp³-hybridized carbons (Fsp3) is 0.476. The second-order valence-electron chi connectivity index (χ2n) is 7.03. The van der Waals surface area contributed by atoms with Crippen molar-refractivity contribution in [1.82, 2.24) is 10.6 Å². The summed E-state index contributed by atoms with van der Waals surface area (Å²) in [6, 6.07) is 7.57. The van der Waals surface area contributed by atoms with Crippen molar-refractivity contribution in [3.8, 4) is 0 Å². The summed E-state index contributed by atoms with van der Waals surface area (Å²) >= 11 is 0. The number of hydrogen-bond donors (Lipinski definition) is 2. The number of benzene rings is 1. The Hall–Kier alpha value is -2.83. The van der Waals surface area contributed by atoms with E-state index in [1.54, 1.807) is 13.8 Å². The Bertz CT molecular complexity index is 681. The zero-order valence-electron chi connectivity index (χ0n) is 17.2. The van der Waals surface area contributed by atoms with Gasteiger partial charge in [0.1, 0.15) is 18.7 Å². The largest absolute Gasteiger partial charge is 0.467 e. The van der Waals surface area contributed by atoms with Gasteiger partial charge < -0.3 is 20.1 Å². The maximum absolute atomic E-state index is 12.7. The molecule has 0 saturated heterocycles. The van der Waals surface area contributed by atoms with Crippen molar-refractivity contribution in [1.29, 1.82) is 0 Å². The molecule has 2 N–H and O–H groups in total. The molecule has 2 atom stereocenters. The zero-order valence-corrected chi connectivity index (χ0v) is 17.2. The van der Waals surface area contributed by atoms with Crippen LogP contribution in [0.3, 0.4) is 0 Å². The topological polar surface area (TPSA) is 93.7 Å². The van der Waals surface area contributed by atoms with Gasteiger partial charge in [-0.1, -0.05) is 55.8 Å². The lowest BCUT2D eigenvalue weighted by Crippen LogP contribution is -2.53. The number of methoxy groups -OCH3 is 1. The number of carbonyl (C=O) groups is 3. The number of allylic oxidation sites excluding steroid dienone is 1. The average molecular weight is 390 g/mol. The summed E-state index contributed by atoms with van der Waals surface area (Å²) in [5.41, 5.74) is 1.86. The SMILES string of the molecule is COC(=O)[C@@H](CC=C(C)C)NC(=O)[C@H](NC(=O)OCc1ccccc1)C(C)C. The second kappa shape index (κ2) is 11.8. The summed E-state index contributed by atoms with van der Waals surface area (Å²) in [5.74, 6) is -1.21. The summed E-state index contributed by atoms with van der Waals surface area (Å²) in [6.07, 6.45) is 1.45. The van der Waals surface area contributed by atoms with E-state index in [1.165, 1.54) is 7.11 Å². The van der Waals surface area contributed by atoms with Crippen molar-refractivity contribution >= 4 is 18.0 Å². The van der Waals surface area contributed by atoms with Gasteiger partial charge >= 0.3 is 12.1 Å². The van der Waals surface area contributed by atoms with Crippen LogP contribution in [0.15, 0.2) is 42.0 Å². The molecule has 0 aliphatic rings. The van der Waals surface area contributed by atoms with E-state index in [1.807, 2.05) is 50.3 Å². The van der Waals surface area contributed by atoms with Crippen molar-refractivity contribution in [2.45, 2.75) is 52.8 Å². The molecule has 0 aliphatic carbocycles. The Morgan fingerprint density at radius 3 is 2.25 bits per heavy atom. The normalized spacial score (nSPS) is 12.5.